The van der Waals surface area contributed by atoms with Gasteiger partial charge in [-0.2, -0.15) is 0 Å². The molecule has 2 rings (SSSR count). The van der Waals surface area contributed by atoms with E-state index in [-0.39, 0.29) is 6.10 Å². The van der Waals surface area contributed by atoms with Crippen molar-refractivity contribution in [2.24, 2.45) is 0 Å². The molecule has 1 atom stereocenters. The molecule has 1 aromatic heterocycles. The largest absolute Gasteiger partial charge is 0.558 e. The van der Waals surface area contributed by atoms with Crippen molar-refractivity contribution < 1.29 is 13.2 Å². The van der Waals surface area contributed by atoms with Gasteiger partial charge in [-0.15, -0.1) is 18.1 Å². The molecule has 155 valence electrons. The zero-order valence-electron chi connectivity index (χ0n) is 16.4. The van der Waals surface area contributed by atoms with Crippen molar-refractivity contribution in [2.45, 2.75) is 51.6 Å². The summed E-state index contributed by atoms with van der Waals surface area (Å²) >= 11 is 12.8. The van der Waals surface area contributed by atoms with E-state index in [1.165, 1.54) is 12.1 Å². The van der Waals surface area contributed by atoms with E-state index in [1.54, 1.807) is 12.4 Å². The average molecular weight is 447 g/mol. The maximum atomic E-state index is 13.4. The van der Waals surface area contributed by atoms with E-state index >= 15 is 0 Å². The van der Waals surface area contributed by atoms with Crippen LogP contribution in [0.2, 0.25) is 28.2 Å². The van der Waals surface area contributed by atoms with E-state index in [4.69, 9.17) is 27.6 Å². The Morgan fingerprint density at radius 1 is 1.00 bits per heavy atom. The summed E-state index contributed by atoms with van der Waals surface area (Å²) in [7, 11) is -1.95. The van der Waals surface area contributed by atoms with Gasteiger partial charge in [-0.25, -0.2) is 8.78 Å². The molecule has 28 heavy (non-hydrogen) atoms. The lowest BCUT2D eigenvalue weighted by Crippen LogP contribution is -2.40. The summed E-state index contributed by atoms with van der Waals surface area (Å²) in [4.78, 5) is 4.02. The molecule has 1 unspecified atom stereocenters. The molecule has 0 saturated carbocycles. The van der Waals surface area contributed by atoms with Crippen LogP contribution in [-0.4, -0.2) is 19.8 Å². The quantitative estimate of drug-likeness (QED) is 0.421. The van der Waals surface area contributed by atoms with E-state index in [2.05, 4.69) is 31.1 Å². The van der Waals surface area contributed by atoms with Crippen molar-refractivity contribution in [1.29, 1.82) is 0 Å². The minimum Gasteiger partial charge on any atom is -0.558 e. The summed E-state index contributed by atoms with van der Waals surface area (Å²) < 4.78 is 33.5. The number of rotatable bonds is 10. The molecule has 0 aliphatic rings. The number of nitrogens with one attached hydrogen (secondary N) is 1. The van der Waals surface area contributed by atoms with Crippen LogP contribution in [-0.2, 0) is 11.0 Å². The molecule has 0 radical (unpaired) electrons. The van der Waals surface area contributed by atoms with Gasteiger partial charge in [-0.3, -0.25) is 4.98 Å². The first-order valence-electron chi connectivity index (χ1n) is 9.46. The Balaban J connectivity index is 2.23. The highest BCUT2D eigenvalue weighted by molar-refractivity contribution is 6.73. The van der Waals surface area contributed by atoms with E-state index in [0.717, 1.165) is 24.2 Å². The number of halogens is 4. The lowest BCUT2D eigenvalue weighted by molar-refractivity contribution is 0.186. The van der Waals surface area contributed by atoms with E-state index in [9.17, 15) is 8.78 Å². The Kier molecular flexibility index (Phi) is 8.83. The van der Waals surface area contributed by atoms with Crippen LogP contribution in [0.5, 0.6) is 0 Å². The highest BCUT2D eigenvalue weighted by Crippen LogP contribution is 2.36. The number of nitrogens with zero attached hydrogens (tertiary/aromatic N) is 1. The fourth-order valence-electron chi connectivity index (χ4n) is 3.29. The first-order chi connectivity index (χ1) is 13.3. The van der Waals surface area contributed by atoms with Gasteiger partial charge in [0.25, 0.3) is 0 Å². The van der Waals surface area contributed by atoms with Crippen LogP contribution in [0.3, 0.4) is 0 Å². The second-order valence-corrected chi connectivity index (χ2v) is 12.3. The van der Waals surface area contributed by atoms with Crippen molar-refractivity contribution in [2.75, 3.05) is 6.54 Å². The van der Waals surface area contributed by atoms with Crippen molar-refractivity contribution in [3.63, 3.8) is 0 Å². The summed E-state index contributed by atoms with van der Waals surface area (Å²) in [6.45, 7) is 7.16. The zero-order chi connectivity index (χ0) is 20.7. The van der Waals surface area contributed by atoms with Crippen LogP contribution >= 0.6 is 23.2 Å². The molecular formula is C20H26Cl2F2N2OSi-. The molecule has 3 nitrogen and oxygen atoms in total. The molecule has 1 heterocycles. The van der Waals surface area contributed by atoms with Gasteiger partial charge >= 0.3 is 0 Å². The normalized spacial score (nSPS) is 13.0. The molecular weight excluding hydrogens is 421 g/mol. The number of aromatic nitrogens is 1. The average Bonchev–Trinajstić information content (AvgIpc) is 2.65. The fourth-order valence-corrected chi connectivity index (χ4v) is 6.71. The van der Waals surface area contributed by atoms with Crippen molar-refractivity contribution in [1.82, 2.24) is 10.3 Å². The molecule has 0 saturated heterocycles. The molecule has 0 aliphatic heterocycles. The second-order valence-electron chi connectivity index (χ2n) is 6.78. The summed E-state index contributed by atoms with van der Waals surface area (Å²) in [5.74, 6) is -1.20. The summed E-state index contributed by atoms with van der Waals surface area (Å²) in [6, 6.07) is 6.41. The molecule has 1 aromatic carbocycles. The van der Waals surface area contributed by atoms with Gasteiger partial charge < -0.3 is 9.74 Å². The Bertz CT molecular complexity index is 742. The highest BCUT2D eigenvalue weighted by Gasteiger charge is 2.24. The Labute approximate surface area is 176 Å². The van der Waals surface area contributed by atoms with E-state index in [0.29, 0.717) is 34.3 Å². The third-order valence-corrected chi connectivity index (χ3v) is 10.4. The van der Waals surface area contributed by atoms with Crippen LogP contribution in [0, 0.1) is 11.6 Å². The summed E-state index contributed by atoms with van der Waals surface area (Å²) in [5.41, 5.74) is 1.22. The molecule has 0 fully saturated rings. The molecule has 1 N–H and O–H groups in total. The van der Waals surface area contributed by atoms with Crippen LogP contribution in [0.25, 0.3) is 0 Å². The minimum atomic E-state index is -1.95. The van der Waals surface area contributed by atoms with Gasteiger partial charge in [-0.05, 0) is 26.0 Å². The third-order valence-electron chi connectivity index (χ3n) is 5.12. The minimum absolute atomic E-state index is 0.299. The molecule has 0 spiro atoms. The lowest BCUT2D eigenvalue weighted by atomic mass is 10.1. The van der Waals surface area contributed by atoms with Gasteiger partial charge in [0.1, 0.15) is 11.6 Å². The predicted molar refractivity (Wildman–Crippen MR) is 113 cm³/mol. The Hall–Kier alpha value is -1.05. The van der Waals surface area contributed by atoms with Crippen molar-refractivity contribution >= 4 is 31.5 Å². The van der Waals surface area contributed by atoms with E-state index < -0.39 is 20.0 Å². The highest BCUT2D eigenvalue weighted by atomic mass is 35.5. The molecule has 0 amide bonds. The predicted octanol–water partition coefficient (Wildman–Crippen LogP) is 6.52. The standard InChI is InChI=1S/C20H26Cl2F2N2OSi/c1-4-28(5-2,6-3)27-19(20-17(21)11-26-12-18(20)22)13-25-10-14-7-15(23)9-16(24)8-14/h7-9,11-12,19,25H,4-6,10,13H2,1-3H3/q-1. The van der Waals surface area contributed by atoms with Crippen molar-refractivity contribution in [3.05, 3.63) is 63.4 Å². The lowest BCUT2D eigenvalue weighted by Gasteiger charge is -2.45. The van der Waals surface area contributed by atoms with Crippen LogP contribution in [0.4, 0.5) is 8.78 Å². The monoisotopic (exact) mass is 446 g/mol. The second kappa shape index (κ2) is 10.6. The van der Waals surface area contributed by atoms with Crippen LogP contribution in [0.15, 0.2) is 30.6 Å². The van der Waals surface area contributed by atoms with Crippen LogP contribution < -0.4 is 5.32 Å². The van der Waals surface area contributed by atoms with Gasteiger partial charge in [0.2, 0.25) is 0 Å². The number of pyridine rings is 1. The molecule has 0 bridgehead atoms. The van der Waals surface area contributed by atoms with Crippen LogP contribution in [0.1, 0.15) is 38.0 Å². The zero-order valence-corrected chi connectivity index (χ0v) is 18.9. The summed E-state index contributed by atoms with van der Waals surface area (Å²) in [5, 5.41) is 4.12. The SMILES string of the molecule is CC[Si-](CC)(CC)OC(CNCc1cc(F)cc(F)c1)c1c(Cl)cncc1Cl. The van der Waals surface area contributed by atoms with E-state index in [1.807, 2.05) is 0 Å². The molecule has 0 aliphatic carbocycles. The Morgan fingerprint density at radius 2 is 1.54 bits per heavy atom. The topological polar surface area (TPSA) is 34.1 Å². The third kappa shape index (κ3) is 5.97. The summed E-state index contributed by atoms with van der Waals surface area (Å²) in [6.07, 6.45) is 2.73. The number of hydrogen-bond acceptors (Lipinski definition) is 3. The van der Waals surface area contributed by atoms with Gasteiger partial charge in [0.15, 0.2) is 0 Å². The first kappa shape index (κ1) is 23.2. The maximum absolute atomic E-state index is 13.4. The van der Waals surface area contributed by atoms with Crippen molar-refractivity contribution in [3.8, 4) is 0 Å². The molecule has 2 aromatic rings. The number of hydrogen-bond donors (Lipinski definition) is 1. The first-order valence-corrected chi connectivity index (χ1v) is 12.7. The van der Waals surface area contributed by atoms with Gasteiger partial charge in [-0.1, -0.05) is 44.0 Å². The number of benzene rings is 1. The smallest absolute Gasteiger partial charge is 0.126 e. The molecule has 8 heteroatoms. The van der Waals surface area contributed by atoms with Gasteiger partial charge in [0, 0.05) is 37.1 Å². The maximum Gasteiger partial charge on any atom is 0.126 e. The van der Waals surface area contributed by atoms with Gasteiger partial charge in [0.05, 0.1) is 16.1 Å². The Morgan fingerprint density at radius 3 is 2.04 bits per heavy atom. The fraction of sp³-hybridized carbons (Fsp3) is 0.450.